The summed E-state index contributed by atoms with van der Waals surface area (Å²) in [5.74, 6) is 0.0288. The van der Waals surface area contributed by atoms with Crippen molar-refractivity contribution in [2.24, 2.45) is 5.92 Å². The Labute approximate surface area is 129 Å². The van der Waals surface area contributed by atoms with E-state index in [1.54, 1.807) is 6.20 Å². The Balaban J connectivity index is 2.00. The van der Waals surface area contributed by atoms with Crippen LogP contribution in [0.1, 0.15) is 13.8 Å². The summed E-state index contributed by atoms with van der Waals surface area (Å²) in [6, 6.07) is 16.4. The SMILES string of the molecule is CC(C)COC(=O)/C=C/n1c2ccccc2c2ccccc21. The summed E-state index contributed by atoms with van der Waals surface area (Å²) in [5.41, 5.74) is 2.16. The van der Waals surface area contributed by atoms with Crippen LogP contribution in [-0.2, 0) is 9.53 Å². The number of nitrogens with zero attached hydrogens (tertiary/aromatic N) is 1. The van der Waals surface area contributed by atoms with Crippen LogP contribution in [0.2, 0.25) is 0 Å². The fraction of sp³-hybridized carbons (Fsp3) is 0.211. The first-order valence-electron chi connectivity index (χ1n) is 7.49. The van der Waals surface area contributed by atoms with Gasteiger partial charge in [-0.25, -0.2) is 4.79 Å². The largest absolute Gasteiger partial charge is 0.462 e. The second kappa shape index (κ2) is 6.06. The predicted molar refractivity (Wildman–Crippen MR) is 90.6 cm³/mol. The number of carbonyl (C=O) groups excluding carboxylic acids is 1. The van der Waals surface area contributed by atoms with E-state index in [-0.39, 0.29) is 5.97 Å². The van der Waals surface area contributed by atoms with Crippen molar-refractivity contribution in [1.82, 2.24) is 4.57 Å². The molecule has 0 aliphatic carbocycles. The summed E-state index contributed by atoms with van der Waals surface area (Å²) in [7, 11) is 0. The van der Waals surface area contributed by atoms with E-state index in [1.165, 1.54) is 16.8 Å². The van der Waals surface area contributed by atoms with E-state index in [9.17, 15) is 4.79 Å². The Morgan fingerprint density at radius 1 is 1.05 bits per heavy atom. The van der Waals surface area contributed by atoms with E-state index in [0.717, 1.165) is 11.0 Å². The van der Waals surface area contributed by atoms with Crippen LogP contribution in [0.4, 0.5) is 0 Å². The maximum absolute atomic E-state index is 11.8. The van der Waals surface area contributed by atoms with Gasteiger partial charge < -0.3 is 9.30 Å². The molecule has 0 bridgehead atoms. The number of aromatic nitrogens is 1. The van der Waals surface area contributed by atoms with Crippen molar-refractivity contribution >= 4 is 34.0 Å². The standard InChI is InChI=1S/C19H19NO2/c1-14(2)13-22-19(21)11-12-20-17-9-5-3-7-15(17)16-8-4-6-10-18(16)20/h3-12,14H,13H2,1-2H3/b12-11+. The average Bonchev–Trinajstić information content (AvgIpc) is 2.85. The van der Waals surface area contributed by atoms with Gasteiger partial charge in [-0.15, -0.1) is 0 Å². The summed E-state index contributed by atoms with van der Waals surface area (Å²) >= 11 is 0. The van der Waals surface area contributed by atoms with E-state index < -0.39 is 0 Å². The lowest BCUT2D eigenvalue weighted by Gasteiger charge is -2.04. The van der Waals surface area contributed by atoms with Gasteiger partial charge in [0.25, 0.3) is 0 Å². The van der Waals surface area contributed by atoms with Gasteiger partial charge in [0.15, 0.2) is 0 Å². The quantitative estimate of drug-likeness (QED) is 0.525. The highest BCUT2D eigenvalue weighted by Gasteiger charge is 2.08. The van der Waals surface area contributed by atoms with Gasteiger partial charge in [0, 0.05) is 23.0 Å². The van der Waals surface area contributed by atoms with E-state index in [2.05, 4.69) is 24.3 Å². The highest BCUT2D eigenvalue weighted by Crippen LogP contribution is 2.28. The highest BCUT2D eigenvalue weighted by molar-refractivity contribution is 6.09. The number of fused-ring (bicyclic) bond motifs is 3. The van der Waals surface area contributed by atoms with Crippen LogP contribution in [0.3, 0.4) is 0 Å². The summed E-state index contributed by atoms with van der Waals surface area (Å²) in [6.45, 7) is 4.48. The molecular weight excluding hydrogens is 274 g/mol. The summed E-state index contributed by atoms with van der Waals surface area (Å²) in [4.78, 5) is 11.8. The molecule has 0 saturated carbocycles. The summed E-state index contributed by atoms with van der Waals surface area (Å²) in [5, 5.41) is 2.36. The maximum Gasteiger partial charge on any atom is 0.332 e. The van der Waals surface area contributed by atoms with Crippen LogP contribution in [0.25, 0.3) is 28.0 Å². The normalized spacial score (nSPS) is 11.8. The molecule has 3 heteroatoms. The van der Waals surface area contributed by atoms with Gasteiger partial charge >= 0.3 is 5.97 Å². The molecule has 3 rings (SSSR count). The first-order valence-corrected chi connectivity index (χ1v) is 7.49. The van der Waals surface area contributed by atoms with Crippen LogP contribution in [0, 0.1) is 5.92 Å². The third kappa shape index (κ3) is 2.75. The lowest BCUT2D eigenvalue weighted by Crippen LogP contribution is -2.07. The Morgan fingerprint density at radius 2 is 1.59 bits per heavy atom. The first kappa shape index (κ1) is 14.4. The minimum atomic E-state index is -0.310. The van der Waals surface area contributed by atoms with Crippen molar-refractivity contribution < 1.29 is 9.53 Å². The highest BCUT2D eigenvalue weighted by atomic mass is 16.5. The average molecular weight is 293 g/mol. The van der Waals surface area contributed by atoms with Gasteiger partial charge in [-0.2, -0.15) is 0 Å². The lowest BCUT2D eigenvalue weighted by atomic mass is 10.2. The van der Waals surface area contributed by atoms with E-state index in [4.69, 9.17) is 4.74 Å². The smallest absolute Gasteiger partial charge is 0.332 e. The van der Waals surface area contributed by atoms with Gasteiger partial charge in [0.1, 0.15) is 0 Å². The minimum Gasteiger partial charge on any atom is -0.462 e. The molecular formula is C19H19NO2. The topological polar surface area (TPSA) is 31.2 Å². The minimum absolute atomic E-state index is 0.310. The molecule has 3 aromatic rings. The van der Waals surface area contributed by atoms with Gasteiger partial charge in [0.05, 0.1) is 17.6 Å². The Hall–Kier alpha value is -2.55. The second-order valence-corrected chi connectivity index (χ2v) is 5.74. The molecule has 0 spiro atoms. The maximum atomic E-state index is 11.8. The molecule has 112 valence electrons. The van der Waals surface area contributed by atoms with Crippen molar-refractivity contribution in [2.45, 2.75) is 13.8 Å². The number of rotatable bonds is 4. The van der Waals surface area contributed by atoms with Crippen LogP contribution in [-0.4, -0.2) is 17.1 Å². The monoisotopic (exact) mass is 293 g/mol. The third-order valence-electron chi connectivity index (χ3n) is 3.54. The Kier molecular flexibility index (Phi) is 3.96. The molecule has 2 aromatic carbocycles. The molecule has 1 heterocycles. The number of para-hydroxylation sites is 2. The second-order valence-electron chi connectivity index (χ2n) is 5.74. The number of hydrogen-bond acceptors (Lipinski definition) is 2. The van der Waals surface area contributed by atoms with Crippen LogP contribution < -0.4 is 0 Å². The van der Waals surface area contributed by atoms with Crippen molar-refractivity contribution in [3.63, 3.8) is 0 Å². The van der Waals surface area contributed by atoms with Crippen molar-refractivity contribution in [2.75, 3.05) is 6.61 Å². The van der Waals surface area contributed by atoms with Gasteiger partial charge in [0.2, 0.25) is 0 Å². The molecule has 0 aliphatic heterocycles. The van der Waals surface area contributed by atoms with Gasteiger partial charge in [-0.3, -0.25) is 0 Å². The van der Waals surface area contributed by atoms with E-state index in [0.29, 0.717) is 12.5 Å². The van der Waals surface area contributed by atoms with Crippen molar-refractivity contribution in [3.8, 4) is 0 Å². The summed E-state index contributed by atoms with van der Waals surface area (Å²) in [6.07, 6.45) is 3.27. The molecule has 3 nitrogen and oxygen atoms in total. The molecule has 0 N–H and O–H groups in total. The zero-order valence-corrected chi connectivity index (χ0v) is 12.8. The predicted octanol–water partition coefficient (Wildman–Crippen LogP) is 4.46. The van der Waals surface area contributed by atoms with E-state index >= 15 is 0 Å². The van der Waals surface area contributed by atoms with Crippen molar-refractivity contribution in [1.29, 1.82) is 0 Å². The third-order valence-corrected chi connectivity index (χ3v) is 3.54. The van der Waals surface area contributed by atoms with Gasteiger partial charge in [-0.05, 0) is 18.1 Å². The molecule has 0 saturated heterocycles. The molecule has 22 heavy (non-hydrogen) atoms. The summed E-state index contributed by atoms with van der Waals surface area (Å²) < 4.78 is 7.22. The number of benzene rings is 2. The number of hydrogen-bond donors (Lipinski definition) is 0. The van der Waals surface area contributed by atoms with Crippen LogP contribution >= 0.6 is 0 Å². The number of carbonyl (C=O) groups is 1. The van der Waals surface area contributed by atoms with E-state index in [1.807, 2.05) is 42.7 Å². The molecule has 0 amide bonds. The molecule has 0 unspecified atom stereocenters. The van der Waals surface area contributed by atoms with Crippen LogP contribution in [0.15, 0.2) is 54.6 Å². The number of esters is 1. The Morgan fingerprint density at radius 3 is 2.14 bits per heavy atom. The molecule has 0 fully saturated rings. The molecule has 1 aromatic heterocycles. The fourth-order valence-corrected chi connectivity index (χ4v) is 2.55. The Bertz CT molecular complexity index is 790. The number of ether oxygens (including phenoxy) is 1. The van der Waals surface area contributed by atoms with Gasteiger partial charge in [-0.1, -0.05) is 50.2 Å². The molecule has 0 atom stereocenters. The first-order chi connectivity index (χ1) is 10.7. The van der Waals surface area contributed by atoms with Crippen LogP contribution in [0.5, 0.6) is 0 Å². The zero-order chi connectivity index (χ0) is 15.5. The molecule has 0 aliphatic rings. The zero-order valence-electron chi connectivity index (χ0n) is 12.8. The molecule has 0 radical (unpaired) electrons. The lowest BCUT2D eigenvalue weighted by molar-refractivity contribution is -0.138. The fourth-order valence-electron chi connectivity index (χ4n) is 2.55. The van der Waals surface area contributed by atoms with Crippen molar-refractivity contribution in [3.05, 3.63) is 54.6 Å².